The van der Waals surface area contributed by atoms with Crippen LogP contribution in [-0.4, -0.2) is 69.7 Å². The van der Waals surface area contributed by atoms with Gasteiger partial charge < -0.3 is 30.7 Å². The van der Waals surface area contributed by atoms with Crippen molar-refractivity contribution in [2.45, 2.75) is 62.1 Å². The molecule has 0 saturated carbocycles. The SMILES string of the molecule is CC1(C)SCN(C(=O)C(O)C(Cc2ccccc2)NC(=O)c2cccc3c2CCN3)C1C(=O)NC1CCOc2ccccc21. The van der Waals surface area contributed by atoms with E-state index in [9.17, 15) is 19.5 Å². The molecule has 3 aliphatic heterocycles. The summed E-state index contributed by atoms with van der Waals surface area (Å²) in [7, 11) is 0. The van der Waals surface area contributed by atoms with Gasteiger partial charge in [0, 0.05) is 34.5 Å². The summed E-state index contributed by atoms with van der Waals surface area (Å²) >= 11 is 1.49. The van der Waals surface area contributed by atoms with Gasteiger partial charge in [-0.2, -0.15) is 0 Å². The van der Waals surface area contributed by atoms with Crippen molar-refractivity contribution < 1.29 is 24.2 Å². The Morgan fingerprint density at radius 3 is 2.66 bits per heavy atom. The van der Waals surface area contributed by atoms with E-state index in [2.05, 4.69) is 16.0 Å². The molecule has 6 rings (SSSR count). The Morgan fingerprint density at radius 2 is 1.84 bits per heavy atom. The number of benzene rings is 3. The summed E-state index contributed by atoms with van der Waals surface area (Å²) < 4.78 is 5.17. The van der Waals surface area contributed by atoms with Crippen LogP contribution in [0.2, 0.25) is 0 Å². The number of anilines is 1. The lowest BCUT2D eigenvalue weighted by Gasteiger charge is -2.35. The van der Waals surface area contributed by atoms with Gasteiger partial charge in [0.1, 0.15) is 11.8 Å². The molecular weight excluding hydrogens is 576 g/mol. The highest BCUT2D eigenvalue weighted by atomic mass is 32.2. The second-order valence-corrected chi connectivity index (χ2v) is 13.6. The number of hydrogen-bond donors (Lipinski definition) is 4. The average molecular weight is 615 g/mol. The van der Waals surface area contributed by atoms with Crippen molar-refractivity contribution in [3.05, 3.63) is 95.1 Å². The molecule has 4 unspecified atom stereocenters. The summed E-state index contributed by atoms with van der Waals surface area (Å²) in [6.07, 6.45) is 0.0110. The predicted molar refractivity (Wildman–Crippen MR) is 171 cm³/mol. The monoisotopic (exact) mass is 614 g/mol. The Morgan fingerprint density at radius 1 is 1.07 bits per heavy atom. The van der Waals surface area contributed by atoms with Gasteiger partial charge in [0.2, 0.25) is 5.91 Å². The van der Waals surface area contributed by atoms with Crippen molar-refractivity contribution in [2.75, 3.05) is 24.3 Å². The van der Waals surface area contributed by atoms with Crippen LogP contribution in [0.4, 0.5) is 5.69 Å². The van der Waals surface area contributed by atoms with E-state index in [1.165, 1.54) is 16.7 Å². The molecule has 10 heteroatoms. The summed E-state index contributed by atoms with van der Waals surface area (Å²) in [5.41, 5.74) is 4.14. The Labute approximate surface area is 261 Å². The maximum atomic E-state index is 14.1. The second kappa shape index (κ2) is 12.5. The molecule has 3 aliphatic rings. The third kappa shape index (κ3) is 6.01. The normalized spacial score (nSPS) is 21.2. The number of carbonyl (C=O) groups excluding carboxylic acids is 3. The lowest BCUT2D eigenvalue weighted by Crippen LogP contribution is -2.59. The maximum absolute atomic E-state index is 14.1. The molecule has 9 nitrogen and oxygen atoms in total. The molecule has 4 atom stereocenters. The fraction of sp³-hybridized carbons (Fsp3) is 0.382. The van der Waals surface area contributed by atoms with Crippen molar-refractivity contribution in [1.29, 1.82) is 0 Å². The van der Waals surface area contributed by atoms with Crippen molar-refractivity contribution in [3.8, 4) is 5.75 Å². The highest BCUT2D eigenvalue weighted by molar-refractivity contribution is 8.00. The summed E-state index contributed by atoms with van der Waals surface area (Å²) in [4.78, 5) is 43.0. The van der Waals surface area contributed by atoms with E-state index in [1.807, 2.05) is 80.6 Å². The zero-order valence-corrected chi connectivity index (χ0v) is 25.7. The number of para-hydroxylation sites is 1. The quantitative estimate of drug-likeness (QED) is 0.306. The number of nitrogens with zero attached hydrogens (tertiary/aromatic N) is 1. The minimum Gasteiger partial charge on any atom is -0.493 e. The van der Waals surface area contributed by atoms with Gasteiger partial charge in [-0.1, -0.05) is 54.6 Å². The van der Waals surface area contributed by atoms with Gasteiger partial charge in [-0.05, 0) is 56.0 Å². The van der Waals surface area contributed by atoms with Gasteiger partial charge in [0.15, 0.2) is 6.10 Å². The Balaban J connectivity index is 1.23. The van der Waals surface area contributed by atoms with Gasteiger partial charge >= 0.3 is 0 Å². The van der Waals surface area contributed by atoms with E-state index < -0.39 is 28.8 Å². The predicted octanol–water partition coefficient (Wildman–Crippen LogP) is 3.68. The Kier molecular flexibility index (Phi) is 8.55. The molecule has 230 valence electrons. The van der Waals surface area contributed by atoms with E-state index in [4.69, 9.17) is 4.74 Å². The van der Waals surface area contributed by atoms with Crippen LogP contribution < -0.4 is 20.7 Å². The summed E-state index contributed by atoms with van der Waals surface area (Å²) in [5.74, 6) is -0.223. The number of amides is 3. The van der Waals surface area contributed by atoms with Gasteiger partial charge in [-0.25, -0.2) is 0 Å². The Bertz CT molecular complexity index is 1550. The molecule has 0 aliphatic carbocycles. The smallest absolute Gasteiger partial charge is 0.254 e. The standard InChI is InChI=1S/C34H38N4O5S/c1-34(2)30(32(41)36-26-16-18-43-28-14-7-6-11-24(26)28)38(20-44-34)33(42)29(39)27(19-21-9-4-3-5-10-21)37-31(40)23-12-8-13-25-22(23)15-17-35-25/h3-14,26-27,29-30,35,39H,15-20H2,1-2H3,(H,36,41)(H,37,40). The second-order valence-electron chi connectivity index (χ2n) is 12.0. The van der Waals surface area contributed by atoms with E-state index in [0.717, 1.165) is 41.1 Å². The topological polar surface area (TPSA) is 120 Å². The van der Waals surface area contributed by atoms with Crippen LogP contribution in [-0.2, 0) is 22.4 Å². The molecule has 0 spiro atoms. The van der Waals surface area contributed by atoms with Crippen LogP contribution in [0.15, 0.2) is 72.8 Å². The van der Waals surface area contributed by atoms with E-state index in [0.29, 0.717) is 18.6 Å². The highest BCUT2D eigenvalue weighted by Crippen LogP contribution is 2.41. The largest absolute Gasteiger partial charge is 0.493 e. The van der Waals surface area contributed by atoms with E-state index >= 15 is 0 Å². The molecule has 0 bridgehead atoms. The van der Waals surface area contributed by atoms with Crippen LogP contribution in [0.3, 0.4) is 0 Å². The lowest BCUT2D eigenvalue weighted by molar-refractivity contribution is -0.147. The van der Waals surface area contributed by atoms with Crippen LogP contribution in [0, 0.1) is 0 Å². The Hall–Kier alpha value is -4.02. The molecule has 3 heterocycles. The summed E-state index contributed by atoms with van der Waals surface area (Å²) in [6, 6.07) is 20.6. The summed E-state index contributed by atoms with van der Waals surface area (Å²) in [5, 5.41) is 21.1. The number of carbonyl (C=O) groups is 3. The molecule has 0 aromatic heterocycles. The van der Waals surface area contributed by atoms with Crippen LogP contribution in [0.25, 0.3) is 0 Å². The minimum absolute atomic E-state index is 0.243. The first-order chi connectivity index (χ1) is 21.2. The molecule has 4 N–H and O–H groups in total. The number of ether oxygens (including phenoxy) is 1. The fourth-order valence-electron chi connectivity index (χ4n) is 6.41. The first-order valence-electron chi connectivity index (χ1n) is 15.1. The number of fused-ring (bicyclic) bond motifs is 2. The van der Waals surface area contributed by atoms with Crippen molar-refractivity contribution >= 4 is 35.2 Å². The van der Waals surface area contributed by atoms with E-state index in [1.54, 1.807) is 6.07 Å². The number of hydrogen-bond acceptors (Lipinski definition) is 7. The molecule has 3 amide bonds. The first-order valence-corrected chi connectivity index (χ1v) is 16.1. The first kappa shape index (κ1) is 30.0. The van der Waals surface area contributed by atoms with Gasteiger partial charge in [0.05, 0.1) is 24.6 Å². The van der Waals surface area contributed by atoms with Gasteiger partial charge in [0.25, 0.3) is 11.8 Å². The number of aliphatic hydroxyl groups excluding tert-OH is 1. The third-order valence-electron chi connectivity index (χ3n) is 8.71. The van der Waals surface area contributed by atoms with Crippen molar-refractivity contribution in [2.24, 2.45) is 0 Å². The zero-order valence-electron chi connectivity index (χ0n) is 24.9. The van der Waals surface area contributed by atoms with Crippen LogP contribution >= 0.6 is 11.8 Å². The average Bonchev–Trinajstić information content (AvgIpc) is 3.64. The summed E-state index contributed by atoms with van der Waals surface area (Å²) in [6.45, 7) is 5.10. The number of thioether (sulfide) groups is 1. The number of nitrogens with one attached hydrogen (secondary N) is 3. The minimum atomic E-state index is -1.57. The molecule has 3 aromatic rings. The van der Waals surface area contributed by atoms with Crippen molar-refractivity contribution in [1.82, 2.24) is 15.5 Å². The molecule has 1 fully saturated rings. The van der Waals surface area contributed by atoms with Crippen LogP contribution in [0.1, 0.15) is 53.4 Å². The number of rotatable bonds is 8. The lowest BCUT2D eigenvalue weighted by atomic mass is 9.95. The van der Waals surface area contributed by atoms with Gasteiger partial charge in [-0.3, -0.25) is 14.4 Å². The van der Waals surface area contributed by atoms with Gasteiger partial charge in [-0.15, -0.1) is 11.8 Å². The maximum Gasteiger partial charge on any atom is 0.254 e. The molecular formula is C34H38N4O5S. The van der Waals surface area contributed by atoms with Crippen molar-refractivity contribution in [3.63, 3.8) is 0 Å². The molecule has 3 aromatic carbocycles. The fourth-order valence-corrected chi connectivity index (χ4v) is 7.55. The van der Waals surface area contributed by atoms with E-state index in [-0.39, 0.29) is 30.2 Å². The molecule has 44 heavy (non-hydrogen) atoms. The van der Waals surface area contributed by atoms with Crippen LogP contribution in [0.5, 0.6) is 5.75 Å². The third-order valence-corrected chi connectivity index (χ3v) is 10.1. The molecule has 1 saturated heterocycles. The zero-order chi connectivity index (χ0) is 30.8. The number of aliphatic hydroxyl groups is 1. The molecule has 0 radical (unpaired) electrons. The highest BCUT2D eigenvalue weighted by Gasteiger charge is 2.50.